The van der Waals surface area contributed by atoms with Crippen LogP contribution >= 0.6 is 11.6 Å². The summed E-state index contributed by atoms with van der Waals surface area (Å²) in [5, 5.41) is 12.9. The van der Waals surface area contributed by atoms with Crippen LogP contribution in [-0.4, -0.2) is 37.6 Å². The molecule has 0 radical (unpaired) electrons. The van der Waals surface area contributed by atoms with Crippen LogP contribution in [0.1, 0.15) is 36.7 Å². The molecule has 4 rings (SSSR count). The Bertz CT molecular complexity index is 1120. The largest absolute Gasteiger partial charge is 0.391 e. The molecule has 1 aromatic carbocycles. The third-order valence-electron chi connectivity index (χ3n) is 5.18. The number of rotatable bonds is 7. The number of benzene rings is 1. The minimum absolute atomic E-state index is 0.142. The molecule has 1 aliphatic carbocycles. The second-order valence-corrected chi connectivity index (χ2v) is 7.95. The van der Waals surface area contributed by atoms with Gasteiger partial charge in [-0.1, -0.05) is 30.7 Å². The number of hydrogen-bond acceptors (Lipinski definition) is 4. The summed E-state index contributed by atoms with van der Waals surface area (Å²) in [4.78, 5) is 29.9. The van der Waals surface area contributed by atoms with Gasteiger partial charge < -0.3 is 15.0 Å². The van der Waals surface area contributed by atoms with Crippen molar-refractivity contribution in [3.05, 3.63) is 57.7 Å². The maximum Gasteiger partial charge on any atom is 0.294 e. The highest BCUT2D eigenvalue weighted by Crippen LogP contribution is 2.32. The summed E-state index contributed by atoms with van der Waals surface area (Å²) in [5.74, 6) is 0.0694. The van der Waals surface area contributed by atoms with Crippen LogP contribution in [0.5, 0.6) is 0 Å². The van der Waals surface area contributed by atoms with Gasteiger partial charge in [-0.2, -0.15) is 0 Å². The van der Waals surface area contributed by atoms with Crippen molar-refractivity contribution in [1.82, 2.24) is 19.3 Å². The maximum atomic E-state index is 13.2. The molecule has 2 heterocycles. The molecular formula is C21H23ClN4O3. The molecule has 8 heteroatoms. The molecule has 0 unspecified atom stereocenters. The SMILES string of the molecule is CC[C@@H](O)CNC(=O)c1cn2cc(-c3cccc(Cl)c3)n(CC3CC3)c(=O)c2n1. The highest BCUT2D eigenvalue weighted by molar-refractivity contribution is 6.30. The Hall–Kier alpha value is -2.64. The lowest BCUT2D eigenvalue weighted by Crippen LogP contribution is -2.31. The summed E-state index contributed by atoms with van der Waals surface area (Å²) >= 11 is 6.16. The molecule has 3 aromatic rings. The van der Waals surface area contributed by atoms with Gasteiger partial charge in [0.1, 0.15) is 5.69 Å². The summed E-state index contributed by atoms with van der Waals surface area (Å²) < 4.78 is 3.32. The van der Waals surface area contributed by atoms with E-state index in [1.54, 1.807) is 21.2 Å². The molecule has 1 aliphatic rings. The molecular weight excluding hydrogens is 392 g/mol. The summed E-state index contributed by atoms with van der Waals surface area (Å²) in [6, 6.07) is 7.37. The molecule has 1 amide bonds. The van der Waals surface area contributed by atoms with Crippen LogP contribution in [0.2, 0.25) is 5.02 Å². The number of amides is 1. The minimum atomic E-state index is -0.610. The molecule has 1 fully saturated rings. The van der Waals surface area contributed by atoms with Gasteiger partial charge in [-0.05, 0) is 37.3 Å². The Morgan fingerprint density at radius 2 is 2.17 bits per heavy atom. The van der Waals surface area contributed by atoms with Gasteiger partial charge in [-0.15, -0.1) is 0 Å². The Morgan fingerprint density at radius 3 is 2.86 bits per heavy atom. The Morgan fingerprint density at radius 1 is 1.38 bits per heavy atom. The molecule has 0 bridgehead atoms. The molecule has 7 nitrogen and oxygen atoms in total. The number of fused-ring (bicyclic) bond motifs is 1. The van der Waals surface area contributed by atoms with E-state index >= 15 is 0 Å². The number of carbonyl (C=O) groups is 1. The number of imidazole rings is 1. The van der Waals surface area contributed by atoms with E-state index in [-0.39, 0.29) is 23.4 Å². The standard InChI is InChI=1S/C21H23ClN4O3/c1-2-16(27)9-23-20(28)17-11-25-12-18(14-4-3-5-15(22)8-14)26(10-13-6-7-13)21(29)19(25)24-17/h3-5,8,11-13,16,27H,2,6-7,9-10H2,1H3,(H,23,28)/t16-/m1/s1. The Labute approximate surface area is 173 Å². The number of halogens is 1. The number of nitrogens with one attached hydrogen (secondary N) is 1. The van der Waals surface area contributed by atoms with E-state index in [9.17, 15) is 14.7 Å². The molecule has 0 saturated heterocycles. The molecule has 2 N–H and O–H groups in total. The minimum Gasteiger partial charge on any atom is -0.391 e. The van der Waals surface area contributed by atoms with Crippen LogP contribution in [0.15, 0.2) is 41.5 Å². The number of hydrogen-bond donors (Lipinski definition) is 2. The molecule has 1 atom stereocenters. The Kier molecular flexibility index (Phi) is 5.43. The van der Waals surface area contributed by atoms with E-state index < -0.39 is 12.0 Å². The van der Waals surface area contributed by atoms with Crippen molar-refractivity contribution in [3.8, 4) is 11.3 Å². The second kappa shape index (κ2) is 8.00. The van der Waals surface area contributed by atoms with Crippen LogP contribution in [0.3, 0.4) is 0 Å². The third kappa shape index (κ3) is 4.21. The van der Waals surface area contributed by atoms with E-state index in [1.165, 1.54) is 0 Å². The summed E-state index contributed by atoms with van der Waals surface area (Å²) in [6.07, 6.45) is 5.50. The molecule has 152 valence electrons. The lowest BCUT2D eigenvalue weighted by Gasteiger charge is -2.13. The number of nitrogens with zero attached hydrogens (tertiary/aromatic N) is 3. The predicted octanol–water partition coefficient (Wildman–Crippen LogP) is 2.73. The quantitative estimate of drug-likeness (QED) is 0.622. The monoisotopic (exact) mass is 414 g/mol. The highest BCUT2D eigenvalue weighted by Gasteiger charge is 2.25. The van der Waals surface area contributed by atoms with Crippen molar-refractivity contribution in [2.75, 3.05) is 6.54 Å². The second-order valence-electron chi connectivity index (χ2n) is 7.51. The number of aliphatic hydroxyl groups is 1. The first-order chi connectivity index (χ1) is 14.0. The van der Waals surface area contributed by atoms with Gasteiger partial charge in [0.25, 0.3) is 11.5 Å². The fourth-order valence-corrected chi connectivity index (χ4v) is 3.44. The lowest BCUT2D eigenvalue weighted by molar-refractivity contribution is 0.0909. The normalized spacial score (nSPS) is 14.9. The van der Waals surface area contributed by atoms with Gasteiger partial charge in [0.05, 0.1) is 11.8 Å². The van der Waals surface area contributed by atoms with Gasteiger partial charge in [0, 0.05) is 36.1 Å². The van der Waals surface area contributed by atoms with Crippen LogP contribution in [0.4, 0.5) is 0 Å². The maximum absolute atomic E-state index is 13.2. The summed E-state index contributed by atoms with van der Waals surface area (Å²) in [6.45, 7) is 2.60. The van der Waals surface area contributed by atoms with Gasteiger partial charge in [-0.3, -0.25) is 14.0 Å². The predicted molar refractivity (Wildman–Crippen MR) is 111 cm³/mol. The third-order valence-corrected chi connectivity index (χ3v) is 5.42. The highest BCUT2D eigenvalue weighted by atomic mass is 35.5. The molecule has 1 saturated carbocycles. The fourth-order valence-electron chi connectivity index (χ4n) is 3.25. The first-order valence-electron chi connectivity index (χ1n) is 9.81. The number of carbonyl (C=O) groups excluding carboxylic acids is 1. The van der Waals surface area contributed by atoms with Crippen molar-refractivity contribution in [3.63, 3.8) is 0 Å². The van der Waals surface area contributed by atoms with Crippen molar-refractivity contribution in [1.29, 1.82) is 0 Å². The molecule has 0 spiro atoms. The molecule has 0 aliphatic heterocycles. The lowest BCUT2D eigenvalue weighted by atomic mass is 10.1. The van der Waals surface area contributed by atoms with E-state index in [0.29, 0.717) is 23.9 Å². The van der Waals surface area contributed by atoms with Crippen molar-refractivity contribution in [2.45, 2.75) is 38.8 Å². The first-order valence-corrected chi connectivity index (χ1v) is 10.2. The van der Waals surface area contributed by atoms with E-state index in [1.807, 2.05) is 31.3 Å². The zero-order valence-corrected chi connectivity index (χ0v) is 16.9. The van der Waals surface area contributed by atoms with E-state index in [4.69, 9.17) is 11.6 Å². The molecule has 29 heavy (non-hydrogen) atoms. The van der Waals surface area contributed by atoms with E-state index in [0.717, 1.165) is 24.1 Å². The smallest absolute Gasteiger partial charge is 0.294 e. The van der Waals surface area contributed by atoms with Crippen molar-refractivity contribution < 1.29 is 9.90 Å². The zero-order valence-electron chi connectivity index (χ0n) is 16.1. The zero-order chi connectivity index (χ0) is 20.5. The van der Waals surface area contributed by atoms with Crippen molar-refractivity contribution >= 4 is 23.2 Å². The van der Waals surface area contributed by atoms with Crippen LogP contribution in [0, 0.1) is 5.92 Å². The van der Waals surface area contributed by atoms with Gasteiger partial charge in [-0.25, -0.2) is 4.98 Å². The van der Waals surface area contributed by atoms with Crippen molar-refractivity contribution in [2.24, 2.45) is 5.92 Å². The number of aliphatic hydroxyl groups excluding tert-OH is 1. The summed E-state index contributed by atoms with van der Waals surface area (Å²) in [7, 11) is 0. The van der Waals surface area contributed by atoms with Gasteiger partial charge in [0.2, 0.25) is 5.65 Å². The van der Waals surface area contributed by atoms with Gasteiger partial charge in [0.15, 0.2) is 0 Å². The fraction of sp³-hybridized carbons (Fsp3) is 0.381. The Balaban J connectivity index is 1.77. The summed E-state index contributed by atoms with van der Waals surface area (Å²) in [5.41, 5.74) is 1.69. The molecule has 2 aromatic heterocycles. The van der Waals surface area contributed by atoms with E-state index in [2.05, 4.69) is 10.3 Å². The van der Waals surface area contributed by atoms with Crippen LogP contribution < -0.4 is 10.9 Å². The number of aromatic nitrogens is 3. The van der Waals surface area contributed by atoms with Gasteiger partial charge >= 0.3 is 0 Å². The van der Waals surface area contributed by atoms with Crippen LogP contribution in [-0.2, 0) is 6.54 Å². The average Bonchev–Trinajstić information content (AvgIpc) is 3.43. The first kappa shape index (κ1) is 19.7. The topological polar surface area (TPSA) is 88.6 Å². The van der Waals surface area contributed by atoms with Crippen LogP contribution in [0.25, 0.3) is 16.9 Å². The average molecular weight is 415 g/mol.